The van der Waals surface area contributed by atoms with Crippen LogP contribution in [-0.2, 0) is 0 Å². The van der Waals surface area contributed by atoms with Crippen LogP contribution in [0.3, 0.4) is 0 Å². The second-order valence-corrected chi connectivity index (χ2v) is 5.47. The molecule has 122 valence electrons. The predicted molar refractivity (Wildman–Crippen MR) is 94.2 cm³/mol. The zero-order chi connectivity index (χ0) is 17.1. The normalized spacial score (nSPS) is 10.4. The number of hydrazine groups is 1. The van der Waals surface area contributed by atoms with E-state index in [2.05, 4.69) is 16.2 Å². The summed E-state index contributed by atoms with van der Waals surface area (Å²) in [5, 5.41) is 3.59. The SMILES string of the molecule is Cc1c(C(=O)NNC(=S)Nc2ccccc2F)oc2ccccc12. The average Bonchev–Trinajstić information content (AvgIpc) is 2.92. The Balaban J connectivity index is 1.65. The van der Waals surface area contributed by atoms with Crippen LogP contribution in [0.25, 0.3) is 11.0 Å². The number of fused-ring (bicyclic) bond motifs is 1. The van der Waals surface area contributed by atoms with E-state index in [0.29, 0.717) is 5.58 Å². The van der Waals surface area contributed by atoms with Crippen molar-refractivity contribution in [1.29, 1.82) is 0 Å². The van der Waals surface area contributed by atoms with E-state index in [0.717, 1.165) is 10.9 Å². The number of rotatable bonds is 2. The first-order valence-corrected chi connectivity index (χ1v) is 7.57. The third kappa shape index (κ3) is 3.21. The second kappa shape index (κ2) is 6.67. The van der Waals surface area contributed by atoms with Crippen LogP contribution < -0.4 is 16.2 Å². The van der Waals surface area contributed by atoms with E-state index >= 15 is 0 Å². The van der Waals surface area contributed by atoms with Gasteiger partial charge in [0, 0.05) is 10.9 Å². The number of anilines is 1. The number of benzene rings is 2. The van der Waals surface area contributed by atoms with E-state index in [4.69, 9.17) is 16.6 Å². The highest BCUT2D eigenvalue weighted by Gasteiger charge is 2.17. The molecular formula is C17H14FN3O2S. The summed E-state index contributed by atoms with van der Waals surface area (Å²) < 4.78 is 19.1. The molecule has 3 rings (SSSR count). The van der Waals surface area contributed by atoms with E-state index in [9.17, 15) is 9.18 Å². The summed E-state index contributed by atoms with van der Waals surface area (Å²) in [4.78, 5) is 12.2. The zero-order valence-electron chi connectivity index (χ0n) is 12.7. The zero-order valence-corrected chi connectivity index (χ0v) is 13.5. The van der Waals surface area contributed by atoms with Gasteiger partial charge in [-0.25, -0.2) is 4.39 Å². The molecule has 0 saturated carbocycles. The summed E-state index contributed by atoms with van der Waals surface area (Å²) in [6.45, 7) is 1.80. The summed E-state index contributed by atoms with van der Waals surface area (Å²) in [7, 11) is 0. The third-order valence-corrected chi connectivity index (χ3v) is 3.67. The molecule has 0 saturated heterocycles. The number of carbonyl (C=O) groups is 1. The maximum Gasteiger partial charge on any atom is 0.305 e. The highest BCUT2D eigenvalue weighted by molar-refractivity contribution is 7.80. The Kier molecular flexibility index (Phi) is 4.43. The first-order chi connectivity index (χ1) is 11.6. The van der Waals surface area contributed by atoms with Crippen molar-refractivity contribution < 1.29 is 13.6 Å². The molecule has 2 aromatic carbocycles. The van der Waals surface area contributed by atoms with Crippen molar-refractivity contribution in [3.63, 3.8) is 0 Å². The third-order valence-electron chi connectivity index (χ3n) is 3.46. The average molecular weight is 343 g/mol. The molecule has 1 amide bonds. The minimum absolute atomic E-state index is 0.0576. The number of furan rings is 1. The Bertz CT molecular complexity index is 923. The van der Waals surface area contributed by atoms with E-state index in [1.165, 1.54) is 12.1 Å². The molecule has 5 nitrogen and oxygen atoms in total. The number of nitrogens with one attached hydrogen (secondary N) is 3. The lowest BCUT2D eigenvalue weighted by Crippen LogP contribution is -2.43. The molecule has 0 unspecified atom stereocenters. The number of hydrogen-bond donors (Lipinski definition) is 3. The number of aryl methyl sites for hydroxylation is 1. The molecule has 0 aliphatic rings. The molecule has 0 bridgehead atoms. The van der Waals surface area contributed by atoms with Crippen molar-refractivity contribution >= 4 is 39.9 Å². The Labute approximate surface area is 142 Å². The Morgan fingerprint density at radius 1 is 1.08 bits per heavy atom. The molecule has 1 aromatic heterocycles. The first kappa shape index (κ1) is 15.9. The number of amides is 1. The standard InChI is InChI=1S/C17H14FN3O2S/c1-10-11-6-2-5-9-14(11)23-15(10)16(22)20-21-17(24)19-13-8-4-3-7-12(13)18/h2-9H,1H3,(H,20,22)(H2,19,21,24). The van der Waals surface area contributed by atoms with Crippen molar-refractivity contribution in [3.05, 3.63) is 65.7 Å². The van der Waals surface area contributed by atoms with Gasteiger partial charge in [-0.3, -0.25) is 15.6 Å². The Morgan fingerprint density at radius 3 is 2.54 bits per heavy atom. The predicted octanol–water partition coefficient (Wildman–Crippen LogP) is 3.51. The van der Waals surface area contributed by atoms with Gasteiger partial charge in [-0.2, -0.15) is 0 Å². The van der Waals surface area contributed by atoms with Crippen molar-refractivity contribution in [2.75, 3.05) is 5.32 Å². The van der Waals surface area contributed by atoms with Gasteiger partial charge in [0.2, 0.25) is 0 Å². The maximum atomic E-state index is 13.5. The molecule has 3 N–H and O–H groups in total. The Hall–Kier alpha value is -2.93. The molecule has 0 aliphatic carbocycles. The van der Waals surface area contributed by atoms with Gasteiger partial charge < -0.3 is 9.73 Å². The van der Waals surface area contributed by atoms with Crippen LogP contribution in [0, 0.1) is 12.7 Å². The van der Waals surface area contributed by atoms with Gasteiger partial charge in [-0.15, -0.1) is 0 Å². The summed E-state index contributed by atoms with van der Waals surface area (Å²) in [6.07, 6.45) is 0. The summed E-state index contributed by atoms with van der Waals surface area (Å²) in [5.41, 5.74) is 6.53. The van der Waals surface area contributed by atoms with Crippen LogP contribution in [0.15, 0.2) is 52.9 Å². The van der Waals surface area contributed by atoms with Crippen LogP contribution >= 0.6 is 12.2 Å². The van der Waals surface area contributed by atoms with Gasteiger partial charge in [0.15, 0.2) is 10.9 Å². The van der Waals surface area contributed by atoms with Crippen molar-refractivity contribution in [2.45, 2.75) is 6.92 Å². The van der Waals surface area contributed by atoms with Crippen LogP contribution in [0.5, 0.6) is 0 Å². The number of para-hydroxylation sites is 2. The number of hydrogen-bond acceptors (Lipinski definition) is 3. The molecule has 0 atom stereocenters. The lowest BCUT2D eigenvalue weighted by Gasteiger charge is -2.11. The van der Waals surface area contributed by atoms with Gasteiger partial charge in [0.1, 0.15) is 11.4 Å². The second-order valence-electron chi connectivity index (χ2n) is 5.07. The Morgan fingerprint density at radius 2 is 1.79 bits per heavy atom. The van der Waals surface area contributed by atoms with Crippen molar-refractivity contribution in [2.24, 2.45) is 0 Å². The van der Waals surface area contributed by atoms with Crippen molar-refractivity contribution in [3.8, 4) is 0 Å². The van der Waals surface area contributed by atoms with E-state index < -0.39 is 11.7 Å². The van der Waals surface area contributed by atoms with E-state index in [-0.39, 0.29) is 16.6 Å². The minimum atomic E-state index is -0.471. The maximum absolute atomic E-state index is 13.5. The molecule has 0 spiro atoms. The topological polar surface area (TPSA) is 66.3 Å². The summed E-state index contributed by atoms with van der Waals surface area (Å²) in [5.74, 6) is -0.722. The van der Waals surface area contributed by atoms with Crippen molar-refractivity contribution in [1.82, 2.24) is 10.9 Å². The number of halogens is 1. The summed E-state index contributed by atoms with van der Waals surface area (Å²) >= 11 is 5.03. The van der Waals surface area contributed by atoms with Gasteiger partial charge >= 0.3 is 5.91 Å². The van der Waals surface area contributed by atoms with Crippen LogP contribution in [-0.4, -0.2) is 11.0 Å². The lowest BCUT2D eigenvalue weighted by atomic mass is 10.1. The van der Waals surface area contributed by atoms with Crippen LogP contribution in [0.2, 0.25) is 0 Å². The van der Waals surface area contributed by atoms with E-state index in [1.54, 1.807) is 25.1 Å². The number of thiocarbonyl (C=S) groups is 1. The van der Waals surface area contributed by atoms with Gasteiger partial charge in [0.05, 0.1) is 5.69 Å². The molecule has 24 heavy (non-hydrogen) atoms. The van der Waals surface area contributed by atoms with Gasteiger partial charge in [-0.1, -0.05) is 30.3 Å². The molecular weight excluding hydrogens is 329 g/mol. The largest absolute Gasteiger partial charge is 0.451 e. The first-order valence-electron chi connectivity index (χ1n) is 7.16. The number of carbonyl (C=O) groups excluding carboxylic acids is 1. The fourth-order valence-electron chi connectivity index (χ4n) is 2.28. The monoisotopic (exact) mass is 343 g/mol. The smallest absolute Gasteiger partial charge is 0.305 e. The van der Waals surface area contributed by atoms with Crippen LogP contribution in [0.4, 0.5) is 10.1 Å². The quantitative estimate of drug-likeness (QED) is 0.491. The molecule has 0 radical (unpaired) electrons. The molecule has 0 aliphatic heterocycles. The van der Waals surface area contributed by atoms with Gasteiger partial charge in [-0.05, 0) is 37.3 Å². The molecule has 0 fully saturated rings. The highest BCUT2D eigenvalue weighted by Crippen LogP contribution is 2.24. The molecule has 7 heteroatoms. The molecule has 3 aromatic rings. The van der Waals surface area contributed by atoms with Crippen LogP contribution in [0.1, 0.15) is 16.1 Å². The fraction of sp³-hybridized carbons (Fsp3) is 0.0588. The lowest BCUT2D eigenvalue weighted by molar-refractivity contribution is 0.0917. The highest BCUT2D eigenvalue weighted by atomic mass is 32.1. The van der Waals surface area contributed by atoms with Gasteiger partial charge in [0.25, 0.3) is 0 Å². The minimum Gasteiger partial charge on any atom is -0.451 e. The fourth-order valence-corrected chi connectivity index (χ4v) is 2.44. The summed E-state index contributed by atoms with van der Waals surface area (Å²) in [6, 6.07) is 13.5. The molecule has 1 heterocycles. The van der Waals surface area contributed by atoms with E-state index in [1.807, 2.05) is 18.2 Å².